The molecule has 0 atom stereocenters. The zero-order valence-corrected chi connectivity index (χ0v) is 27.5. The zero-order chi connectivity index (χ0) is 28.9. The molecule has 1 N–H and O–H groups in total. The Kier molecular flexibility index (Phi) is 7.50. The van der Waals surface area contributed by atoms with Gasteiger partial charge in [-0.25, -0.2) is 0 Å². The van der Waals surface area contributed by atoms with Crippen LogP contribution < -0.4 is 21.2 Å². The van der Waals surface area contributed by atoms with Gasteiger partial charge in [0.2, 0.25) is 0 Å². The second-order valence-corrected chi connectivity index (χ2v) is 22.3. The predicted octanol–water partition coefficient (Wildman–Crippen LogP) is 8.75. The van der Waals surface area contributed by atoms with Crippen molar-refractivity contribution in [3.05, 3.63) is 114 Å². The third-order valence-electron chi connectivity index (χ3n) is 7.99. The summed E-state index contributed by atoms with van der Waals surface area (Å²) in [4.78, 5) is 0. The standard InChI is InChI=1S/C36H44BrOP/c1-34(2,3)26-10-18-30(19-11-26)39(37,33-24-16-29(38)17-25-33,31-20-12-27(13-21-31)35(4,5)6)32-22-14-28(15-23-32)36(7,8)9/h10-25,38H,1-9H3. The van der Waals surface area contributed by atoms with Gasteiger partial charge in [0.15, 0.2) is 0 Å². The van der Waals surface area contributed by atoms with Crippen LogP contribution in [-0.4, -0.2) is 5.11 Å². The minimum absolute atomic E-state index is 0.0581. The van der Waals surface area contributed by atoms with Crippen LogP contribution in [0.2, 0.25) is 0 Å². The van der Waals surface area contributed by atoms with Crippen molar-refractivity contribution in [3.63, 3.8) is 0 Å². The van der Waals surface area contributed by atoms with Crippen LogP contribution in [0.3, 0.4) is 0 Å². The molecule has 39 heavy (non-hydrogen) atoms. The van der Waals surface area contributed by atoms with Gasteiger partial charge in [0.05, 0.1) is 0 Å². The van der Waals surface area contributed by atoms with Gasteiger partial charge in [0, 0.05) is 0 Å². The van der Waals surface area contributed by atoms with E-state index >= 15 is 0 Å². The number of benzene rings is 4. The molecule has 0 heterocycles. The van der Waals surface area contributed by atoms with Crippen LogP contribution in [0.5, 0.6) is 5.75 Å². The normalized spacial score (nSPS) is 14.1. The molecule has 1 nitrogen and oxygen atoms in total. The molecule has 0 spiro atoms. The summed E-state index contributed by atoms with van der Waals surface area (Å²) in [6.45, 7) is 20.3. The van der Waals surface area contributed by atoms with Crippen molar-refractivity contribution in [1.29, 1.82) is 0 Å². The molecule has 0 saturated carbocycles. The summed E-state index contributed by atoms with van der Waals surface area (Å²) in [5.74, 6) is 0.269. The predicted molar refractivity (Wildman–Crippen MR) is 178 cm³/mol. The van der Waals surface area contributed by atoms with Gasteiger partial charge >= 0.3 is 245 Å². The van der Waals surface area contributed by atoms with Gasteiger partial charge in [0.1, 0.15) is 0 Å². The van der Waals surface area contributed by atoms with Gasteiger partial charge in [-0.15, -0.1) is 0 Å². The van der Waals surface area contributed by atoms with E-state index in [1.807, 2.05) is 12.1 Å². The molecule has 0 unspecified atom stereocenters. The molecule has 3 heteroatoms. The summed E-state index contributed by atoms with van der Waals surface area (Å²) < 4.78 is 0. The van der Waals surface area contributed by atoms with Crippen molar-refractivity contribution in [2.75, 3.05) is 0 Å². The molecule has 0 aliphatic heterocycles. The van der Waals surface area contributed by atoms with Crippen molar-refractivity contribution in [3.8, 4) is 5.75 Å². The molecule has 4 aromatic rings. The van der Waals surface area contributed by atoms with Crippen molar-refractivity contribution in [1.82, 2.24) is 0 Å². The molecule has 4 rings (SSSR count). The molecule has 0 aliphatic carbocycles. The first-order valence-electron chi connectivity index (χ1n) is 13.8. The molecule has 0 amide bonds. The SMILES string of the molecule is CC(C)(C)c1ccc(P(Br)(c2ccc(O)cc2)(c2ccc(C(C)(C)C)cc2)c2ccc(C(C)(C)C)cc2)cc1. The Balaban J connectivity index is 2.15. The maximum atomic E-state index is 10.3. The second-order valence-electron chi connectivity index (χ2n) is 13.9. The van der Waals surface area contributed by atoms with Crippen LogP contribution in [0, 0.1) is 0 Å². The first-order chi connectivity index (χ1) is 18.0. The second kappa shape index (κ2) is 9.90. The van der Waals surface area contributed by atoms with Crippen LogP contribution in [0.15, 0.2) is 97.1 Å². The van der Waals surface area contributed by atoms with E-state index < -0.39 is 5.31 Å². The Morgan fingerprint density at radius 2 is 0.615 bits per heavy atom. The quantitative estimate of drug-likeness (QED) is 0.231. The number of phenols is 1. The van der Waals surface area contributed by atoms with Gasteiger partial charge in [-0.2, -0.15) is 0 Å². The fraction of sp³-hybridized carbons (Fsp3) is 0.333. The van der Waals surface area contributed by atoms with Crippen molar-refractivity contribution in [2.45, 2.75) is 78.6 Å². The summed E-state index contributed by atoms with van der Waals surface area (Å²) in [5.41, 5.74) is 4.09. The van der Waals surface area contributed by atoms with Gasteiger partial charge in [-0.05, 0) is 0 Å². The molecule has 0 radical (unpaired) electrons. The third kappa shape index (κ3) is 5.23. The van der Waals surface area contributed by atoms with Crippen LogP contribution >= 0.6 is 20.8 Å². The van der Waals surface area contributed by atoms with E-state index in [1.165, 1.54) is 32.6 Å². The molecule has 0 aliphatic rings. The van der Waals surface area contributed by atoms with E-state index in [0.29, 0.717) is 0 Å². The molecular weight excluding hydrogens is 559 g/mol. The average Bonchev–Trinajstić information content (AvgIpc) is 2.87. The molecular formula is C36H44BrOP. The van der Waals surface area contributed by atoms with Gasteiger partial charge < -0.3 is 0 Å². The summed E-state index contributed by atoms with van der Waals surface area (Å²) in [5, 5.41) is 11.8. The van der Waals surface area contributed by atoms with Crippen molar-refractivity contribution >= 4 is 42.0 Å². The number of phenolic OH excluding ortho intramolecular Hbond substituents is 1. The van der Waals surface area contributed by atoms with Gasteiger partial charge in [-0.1, -0.05) is 0 Å². The van der Waals surface area contributed by atoms with Crippen LogP contribution in [-0.2, 0) is 16.2 Å². The summed E-state index contributed by atoms with van der Waals surface area (Å²) in [6, 6.07) is 35.4. The van der Waals surface area contributed by atoms with Gasteiger partial charge in [0.25, 0.3) is 0 Å². The van der Waals surface area contributed by atoms with E-state index in [-0.39, 0.29) is 22.0 Å². The van der Waals surface area contributed by atoms with Crippen LogP contribution in [0.1, 0.15) is 79.0 Å². The first-order valence-corrected chi connectivity index (χ1v) is 18.1. The molecule has 206 valence electrons. The first kappa shape index (κ1) is 29.6. The average molecular weight is 604 g/mol. The summed E-state index contributed by atoms with van der Waals surface area (Å²) in [6.07, 6.45) is 0. The molecule has 0 fully saturated rings. The van der Waals surface area contributed by atoms with E-state index in [0.717, 1.165) is 5.30 Å². The summed E-state index contributed by atoms with van der Waals surface area (Å²) in [7, 11) is 0. The summed E-state index contributed by atoms with van der Waals surface area (Å²) >= 11 is 4.62. The molecule has 0 saturated heterocycles. The number of rotatable bonds is 4. The van der Waals surface area contributed by atoms with E-state index in [1.54, 1.807) is 0 Å². The van der Waals surface area contributed by atoms with E-state index in [4.69, 9.17) is 0 Å². The Bertz CT molecular complexity index is 1290. The van der Waals surface area contributed by atoms with Crippen molar-refractivity contribution < 1.29 is 5.11 Å². The number of aromatic hydroxyl groups is 1. The topological polar surface area (TPSA) is 20.2 Å². The maximum absolute atomic E-state index is 10.3. The Hall–Kier alpha value is -2.41. The van der Waals surface area contributed by atoms with Crippen LogP contribution in [0.25, 0.3) is 0 Å². The third-order valence-corrected chi connectivity index (χ3v) is 18.0. The molecule has 0 aromatic heterocycles. The minimum atomic E-state index is -3.40. The van der Waals surface area contributed by atoms with E-state index in [2.05, 4.69) is 163 Å². The zero-order valence-electron chi connectivity index (χ0n) is 25.0. The van der Waals surface area contributed by atoms with E-state index in [9.17, 15) is 5.11 Å². The number of hydrogen-bond acceptors (Lipinski definition) is 1. The molecule has 0 bridgehead atoms. The Morgan fingerprint density at radius 1 is 0.410 bits per heavy atom. The number of hydrogen-bond donors (Lipinski definition) is 1. The Morgan fingerprint density at radius 3 is 0.821 bits per heavy atom. The Labute approximate surface area is 244 Å². The van der Waals surface area contributed by atoms with Crippen molar-refractivity contribution in [2.24, 2.45) is 0 Å². The fourth-order valence-electron chi connectivity index (χ4n) is 5.35. The van der Waals surface area contributed by atoms with Crippen LogP contribution in [0.4, 0.5) is 0 Å². The monoisotopic (exact) mass is 602 g/mol. The number of halogens is 1. The van der Waals surface area contributed by atoms with Gasteiger partial charge in [-0.3, -0.25) is 0 Å². The fourth-order valence-corrected chi connectivity index (χ4v) is 12.8. The molecule has 4 aromatic carbocycles.